The minimum Gasteiger partial charge on any atom is -0.463 e. The largest absolute Gasteiger partial charge is 0.463 e. The molecule has 2 aromatic carbocycles. The Kier molecular flexibility index (Phi) is 5.55. The lowest BCUT2D eigenvalue weighted by Crippen LogP contribution is -2.39. The summed E-state index contributed by atoms with van der Waals surface area (Å²) in [6, 6.07) is 12.0. The third-order valence-corrected chi connectivity index (χ3v) is 6.75. The molecule has 7 nitrogen and oxygen atoms in total. The molecule has 0 bridgehead atoms. The van der Waals surface area contributed by atoms with Gasteiger partial charge in [-0.15, -0.1) is 0 Å². The summed E-state index contributed by atoms with van der Waals surface area (Å²) >= 11 is 7.55. The predicted molar refractivity (Wildman–Crippen MR) is 124 cm³/mol. The van der Waals surface area contributed by atoms with Gasteiger partial charge in [-0.1, -0.05) is 47.2 Å². The summed E-state index contributed by atoms with van der Waals surface area (Å²) in [5.74, 6) is 0.661. The van der Waals surface area contributed by atoms with Gasteiger partial charge in [-0.25, -0.2) is 9.79 Å². The van der Waals surface area contributed by atoms with Gasteiger partial charge in [-0.2, -0.15) is 0 Å². The molecule has 0 saturated carbocycles. The summed E-state index contributed by atoms with van der Waals surface area (Å²) in [4.78, 5) is 31.6. The molecular weight excluding hydrogens is 464 g/mol. The number of fused-ring (bicyclic) bond motifs is 2. The number of halogens is 1. The molecule has 0 fully saturated rings. The van der Waals surface area contributed by atoms with Gasteiger partial charge in [0.1, 0.15) is 0 Å². The third-order valence-electron chi connectivity index (χ3n) is 5.42. The van der Waals surface area contributed by atoms with E-state index in [9.17, 15) is 9.59 Å². The van der Waals surface area contributed by atoms with E-state index in [0.29, 0.717) is 42.7 Å². The number of ether oxygens (including phenoxy) is 3. The summed E-state index contributed by atoms with van der Waals surface area (Å²) in [5, 5.41) is 0.541. The minimum absolute atomic E-state index is 0.124. The van der Waals surface area contributed by atoms with Crippen LogP contribution in [-0.4, -0.2) is 23.9 Å². The maximum Gasteiger partial charge on any atom is 0.338 e. The Bertz CT molecular complexity index is 1490. The Morgan fingerprint density at radius 1 is 1.27 bits per heavy atom. The second-order valence-corrected chi connectivity index (χ2v) is 8.85. The maximum atomic E-state index is 13.6. The zero-order valence-electron chi connectivity index (χ0n) is 17.8. The number of hydrogen-bond acceptors (Lipinski definition) is 7. The molecule has 2 aliphatic heterocycles. The Hall–Kier alpha value is -3.36. The third kappa shape index (κ3) is 3.75. The van der Waals surface area contributed by atoms with Crippen LogP contribution in [0.5, 0.6) is 11.5 Å². The van der Waals surface area contributed by atoms with E-state index in [1.807, 2.05) is 24.3 Å². The normalized spacial score (nSPS) is 17.1. The zero-order valence-corrected chi connectivity index (χ0v) is 19.4. The van der Waals surface area contributed by atoms with Gasteiger partial charge < -0.3 is 14.2 Å². The highest BCUT2D eigenvalue weighted by Gasteiger charge is 2.34. The number of carbonyl (C=O) groups is 1. The standard InChI is InChI=1S/C24H19ClN2O5S/c1-3-30-23(29)20-13(2)26-24-27(21(20)15-8-9-17-18(10-15)32-12-31-17)22(28)19(33-24)11-14-6-4-5-7-16(14)25/h4-11,21H,3,12H2,1-2H3. The van der Waals surface area contributed by atoms with Gasteiger partial charge in [0.15, 0.2) is 16.3 Å². The first-order valence-electron chi connectivity index (χ1n) is 10.3. The molecule has 1 atom stereocenters. The molecule has 2 aliphatic rings. The number of nitrogens with zero attached hydrogens (tertiary/aromatic N) is 2. The topological polar surface area (TPSA) is 79.1 Å². The van der Waals surface area contributed by atoms with Crippen LogP contribution in [-0.2, 0) is 9.53 Å². The van der Waals surface area contributed by atoms with Crippen LogP contribution in [0.25, 0.3) is 6.08 Å². The van der Waals surface area contributed by atoms with Crippen molar-refractivity contribution in [2.24, 2.45) is 4.99 Å². The number of thiazole rings is 1. The van der Waals surface area contributed by atoms with E-state index >= 15 is 0 Å². The second kappa shape index (κ2) is 8.53. The number of allylic oxidation sites excluding steroid dienone is 1. The maximum absolute atomic E-state index is 13.6. The van der Waals surface area contributed by atoms with Crippen LogP contribution in [0.1, 0.15) is 31.0 Å². The van der Waals surface area contributed by atoms with E-state index in [1.54, 1.807) is 38.1 Å². The summed E-state index contributed by atoms with van der Waals surface area (Å²) in [6.45, 7) is 3.82. The van der Waals surface area contributed by atoms with E-state index < -0.39 is 12.0 Å². The van der Waals surface area contributed by atoms with Crippen LogP contribution in [0.4, 0.5) is 0 Å². The molecule has 1 aromatic heterocycles. The minimum atomic E-state index is -0.719. The summed E-state index contributed by atoms with van der Waals surface area (Å²) in [5.41, 5.74) is 1.97. The lowest BCUT2D eigenvalue weighted by atomic mass is 9.95. The Balaban J connectivity index is 1.74. The van der Waals surface area contributed by atoms with E-state index in [2.05, 4.69) is 4.99 Å². The van der Waals surface area contributed by atoms with Crippen molar-refractivity contribution in [1.82, 2.24) is 4.57 Å². The lowest BCUT2D eigenvalue weighted by molar-refractivity contribution is -0.139. The van der Waals surface area contributed by atoms with Gasteiger partial charge in [0.2, 0.25) is 6.79 Å². The van der Waals surface area contributed by atoms with Crippen molar-refractivity contribution in [3.63, 3.8) is 0 Å². The highest BCUT2D eigenvalue weighted by molar-refractivity contribution is 7.07. The molecule has 168 valence electrons. The first-order valence-corrected chi connectivity index (χ1v) is 11.5. The average molecular weight is 483 g/mol. The lowest BCUT2D eigenvalue weighted by Gasteiger charge is -2.24. The van der Waals surface area contributed by atoms with Crippen LogP contribution in [0, 0.1) is 0 Å². The van der Waals surface area contributed by atoms with Crippen molar-refractivity contribution in [3.05, 3.63) is 89.6 Å². The van der Waals surface area contributed by atoms with E-state index in [0.717, 1.165) is 5.56 Å². The van der Waals surface area contributed by atoms with Gasteiger partial charge in [0.05, 0.1) is 28.5 Å². The van der Waals surface area contributed by atoms with Gasteiger partial charge >= 0.3 is 5.97 Å². The van der Waals surface area contributed by atoms with Gasteiger partial charge in [-0.05, 0) is 49.2 Å². The molecular formula is C24H19ClN2O5S. The molecule has 3 aromatic rings. The van der Waals surface area contributed by atoms with Crippen molar-refractivity contribution in [2.45, 2.75) is 19.9 Å². The number of benzene rings is 2. The Morgan fingerprint density at radius 3 is 2.85 bits per heavy atom. The van der Waals surface area contributed by atoms with Crippen LogP contribution < -0.4 is 24.4 Å². The molecule has 33 heavy (non-hydrogen) atoms. The van der Waals surface area contributed by atoms with Gasteiger partial charge in [-0.3, -0.25) is 9.36 Å². The highest BCUT2D eigenvalue weighted by Crippen LogP contribution is 2.38. The number of rotatable bonds is 4. The van der Waals surface area contributed by atoms with Crippen molar-refractivity contribution >= 4 is 35.0 Å². The van der Waals surface area contributed by atoms with Crippen LogP contribution in [0.2, 0.25) is 5.02 Å². The highest BCUT2D eigenvalue weighted by atomic mass is 35.5. The van der Waals surface area contributed by atoms with Gasteiger partial charge in [0.25, 0.3) is 5.56 Å². The van der Waals surface area contributed by atoms with Crippen molar-refractivity contribution in [2.75, 3.05) is 13.4 Å². The predicted octanol–water partition coefficient (Wildman–Crippen LogP) is 3.18. The van der Waals surface area contributed by atoms with E-state index in [4.69, 9.17) is 25.8 Å². The smallest absolute Gasteiger partial charge is 0.338 e. The summed E-state index contributed by atoms with van der Waals surface area (Å²) < 4.78 is 18.3. The van der Waals surface area contributed by atoms with E-state index in [1.165, 1.54) is 15.9 Å². The zero-order chi connectivity index (χ0) is 23.1. The summed E-state index contributed by atoms with van der Waals surface area (Å²) in [7, 11) is 0. The molecule has 0 radical (unpaired) electrons. The number of hydrogen-bond donors (Lipinski definition) is 0. The van der Waals surface area contributed by atoms with Crippen molar-refractivity contribution in [3.8, 4) is 11.5 Å². The first kappa shape index (κ1) is 21.5. The number of aromatic nitrogens is 1. The van der Waals surface area contributed by atoms with Crippen molar-refractivity contribution < 1.29 is 19.0 Å². The molecule has 3 heterocycles. The molecule has 0 aliphatic carbocycles. The molecule has 9 heteroatoms. The second-order valence-electron chi connectivity index (χ2n) is 7.44. The molecule has 1 unspecified atom stereocenters. The Labute approximate surface area is 197 Å². The van der Waals surface area contributed by atoms with Crippen LogP contribution >= 0.6 is 22.9 Å². The fourth-order valence-electron chi connectivity index (χ4n) is 3.92. The average Bonchev–Trinajstić information content (AvgIpc) is 3.38. The van der Waals surface area contributed by atoms with E-state index in [-0.39, 0.29) is 19.0 Å². The molecule has 0 saturated heterocycles. The fraction of sp³-hybridized carbons (Fsp3) is 0.208. The molecule has 0 amide bonds. The molecule has 0 spiro atoms. The van der Waals surface area contributed by atoms with Crippen LogP contribution in [0.15, 0.2) is 63.5 Å². The quantitative estimate of drug-likeness (QED) is 0.534. The summed E-state index contributed by atoms with van der Waals surface area (Å²) in [6.07, 6.45) is 1.74. The van der Waals surface area contributed by atoms with Crippen molar-refractivity contribution in [1.29, 1.82) is 0 Å². The number of esters is 1. The number of carbonyl (C=O) groups excluding carboxylic acids is 1. The molecule has 0 N–H and O–H groups in total. The van der Waals surface area contributed by atoms with Crippen LogP contribution in [0.3, 0.4) is 0 Å². The Morgan fingerprint density at radius 2 is 2.06 bits per heavy atom. The molecule has 5 rings (SSSR count). The van der Waals surface area contributed by atoms with Gasteiger partial charge in [0, 0.05) is 5.02 Å². The SMILES string of the molecule is CCOC(=O)C1=C(C)N=c2sc(=Cc3ccccc3Cl)c(=O)n2C1c1ccc2c(c1)OCO2. The fourth-order valence-corrected chi connectivity index (χ4v) is 5.15. The first-order chi connectivity index (χ1) is 16.0. The monoisotopic (exact) mass is 482 g/mol.